The van der Waals surface area contributed by atoms with Gasteiger partial charge < -0.3 is 9.64 Å². The first-order valence-corrected chi connectivity index (χ1v) is 9.30. The van der Waals surface area contributed by atoms with Crippen molar-refractivity contribution in [2.45, 2.75) is 30.3 Å². The van der Waals surface area contributed by atoms with E-state index in [4.69, 9.17) is 16.3 Å². The van der Waals surface area contributed by atoms with Crippen molar-refractivity contribution in [3.8, 4) is 0 Å². The molecule has 1 saturated heterocycles. The Morgan fingerprint density at radius 1 is 1.04 bits per heavy atom. The van der Waals surface area contributed by atoms with Gasteiger partial charge in [0.1, 0.15) is 0 Å². The largest absolute Gasteiger partial charge is 0.449 e. The van der Waals surface area contributed by atoms with E-state index in [1.165, 1.54) is 0 Å². The molecule has 0 radical (unpaired) electrons. The van der Waals surface area contributed by atoms with Crippen LogP contribution in [0.4, 0.5) is 0 Å². The summed E-state index contributed by atoms with van der Waals surface area (Å²) >= 11 is 5.99. The molecular formula is C21H18ClNO3. The molecule has 0 unspecified atom stereocenters. The van der Waals surface area contributed by atoms with Gasteiger partial charge >= 0.3 is 5.97 Å². The second-order valence-corrected chi connectivity index (χ2v) is 7.93. The van der Waals surface area contributed by atoms with Gasteiger partial charge in [-0.15, -0.1) is 0 Å². The molecule has 1 amide bonds. The average Bonchev–Trinajstić information content (AvgIpc) is 3.28. The summed E-state index contributed by atoms with van der Waals surface area (Å²) in [5, 5.41) is 0.673. The SMILES string of the molecule is O=C1O[C@]2(CCN(C(=O)C3(c4ccc(Cl)cc4)CC3)C2)c2ccccc21. The summed E-state index contributed by atoms with van der Waals surface area (Å²) in [6, 6.07) is 15.1. The van der Waals surface area contributed by atoms with Crippen LogP contribution in [-0.2, 0) is 20.5 Å². The molecule has 4 nitrogen and oxygen atoms in total. The Balaban J connectivity index is 1.43. The summed E-state index contributed by atoms with van der Waals surface area (Å²) in [7, 11) is 0. The second-order valence-electron chi connectivity index (χ2n) is 7.50. The van der Waals surface area contributed by atoms with Crippen molar-refractivity contribution in [1.29, 1.82) is 0 Å². The van der Waals surface area contributed by atoms with E-state index < -0.39 is 11.0 Å². The molecule has 26 heavy (non-hydrogen) atoms. The van der Waals surface area contributed by atoms with Crippen LogP contribution in [-0.4, -0.2) is 29.9 Å². The van der Waals surface area contributed by atoms with Gasteiger partial charge in [0, 0.05) is 23.6 Å². The summed E-state index contributed by atoms with van der Waals surface area (Å²) < 4.78 is 5.76. The molecule has 1 aliphatic carbocycles. The van der Waals surface area contributed by atoms with Crippen molar-refractivity contribution >= 4 is 23.5 Å². The first-order valence-electron chi connectivity index (χ1n) is 8.92. The molecular weight excluding hydrogens is 350 g/mol. The lowest BCUT2D eigenvalue weighted by Gasteiger charge is -2.27. The van der Waals surface area contributed by atoms with Crippen molar-refractivity contribution in [3.63, 3.8) is 0 Å². The van der Waals surface area contributed by atoms with Gasteiger partial charge in [-0.2, -0.15) is 0 Å². The standard InChI is InChI=1S/C21H18ClNO3/c22-15-7-5-14(6-8-15)20(9-10-20)19(25)23-12-11-21(13-23)17-4-2-1-3-16(17)18(24)26-21/h1-8H,9-13H2/t21-/m0/s1. The lowest BCUT2D eigenvalue weighted by atomic mass is 9.91. The Labute approximate surface area is 156 Å². The van der Waals surface area contributed by atoms with Crippen molar-refractivity contribution in [1.82, 2.24) is 4.90 Å². The van der Waals surface area contributed by atoms with Crippen LogP contribution in [0.2, 0.25) is 5.02 Å². The number of likely N-dealkylation sites (tertiary alicyclic amines) is 1. The molecule has 5 rings (SSSR count). The Morgan fingerprint density at radius 3 is 2.50 bits per heavy atom. The quantitative estimate of drug-likeness (QED) is 0.761. The van der Waals surface area contributed by atoms with E-state index in [2.05, 4.69) is 0 Å². The molecule has 1 spiro atoms. The zero-order valence-electron chi connectivity index (χ0n) is 14.2. The minimum atomic E-state index is -0.681. The Morgan fingerprint density at radius 2 is 1.77 bits per heavy atom. The predicted octanol–water partition coefficient (Wildman–Crippen LogP) is 3.67. The van der Waals surface area contributed by atoms with E-state index in [-0.39, 0.29) is 11.9 Å². The summed E-state index contributed by atoms with van der Waals surface area (Å²) in [4.78, 5) is 27.4. The molecule has 1 atom stereocenters. The third-order valence-electron chi connectivity index (χ3n) is 6.00. The zero-order chi connectivity index (χ0) is 17.9. The number of carbonyl (C=O) groups excluding carboxylic acids is 2. The molecule has 0 bridgehead atoms. The van der Waals surface area contributed by atoms with Crippen molar-refractivity contribution in [2.24, 2.45) is 0 Å². The molecule has 2 aromatic rings. The highest BCUT2D eigenvalue weighted by Gasteiger charge is 2.57. The molecule has 5 heteroatoms. The number of nitrogens with zero attached hydrogens (tertiary/aromatic N) is 1. The third-order valence-corrected chi connectivity index (χ3v) is 6.25. The number of rotatable bonds is 2. The van der Waals surface area contributed by atoms with Crippen LogP contribution in [0.1, 0.15) is 40.7 Å². The van der Waals surface area contributed by atoms with Crippen LogP contribution >= 0.6 is 11.6 Å². The van der Waals surface area contributed by atoms with Gasteiger partial charge in [0.2, 0.25) is 5.91 Å². The van der Waals surface area contributed by atoms with E-state index in [0.29, 0.717) is 30.1 Å². The second kappa shape index (κ2) is 5.34. The lowest BCUT2D eigenvalue weighted by molar-refractivity contribution is -0.134. The molecule has 2 heterocycles. The van der Waals surface area contributed by atoms with Crippen LogP contribution in [0.3, 0.4) is 0 Å². The van der Waals surface area contributed by atoms with Crippen LogP contribution in [0, 0.1) is 0 Å². The van der Waals surface area contributed by atoms with Gasteiger partial charge in [-0.1, -0.05) is 41.9 Å². The minimum absolute atomic E-state index is 0.136. The molecule has 0 N–H and O–H groups in total. The van der Waals surface area contributed by atoms with Crippen LogP contribution in [0.25, 0.3) is 0 Å². The van der Waals surface area contributed by atoms with E-state index in [9.17, 15) is 9.59 Å². The maximum absolute atomic E-state index is 13.3. The molecule has 132 valence electrons. The van der Waals surface area contributed by atoms with E-state index in [1.807, 2.05) is 47.4 Å². The number of halogens is 1. The van der Waals surface area contributed by atoms with Gasteiger partial charge in [0.15, 0.2) is 5.60 Å². The van der Waals surface area contributed by atoms with Crippen molar-refractivity contribution < 1.29 is 14.3 Å². The molecule has 2 aliphatic heterocycles. The Bertz CT molecular complexity index is 919. The number of hydrogen-bond donors (Lipinski definition) is 0. The van der Waals surface area contributed by atoms with E-state index in [1.54, 1.807) is 6.07 Å². The summed E-state index contributed by atoms with van der Waals surface area (Å²) in [6.07, 6.45) is 2.36. The number of carbonyl (C=O) groups is 2. The molecule has 1 saturated carbocycles. The smallest absolute Gasteiger partial charge is 0.339 e. The zero-order valence-corrected chi connectivity index (χ0v) is 15.0. The first kappa shape index (κ1) is 15.9. The van der Waals surface area contributed by atoms with Crippen LogP contribution < -0.4 is 0 Å². The first-order chi connectivity index (χ1) is 12.5. The lowest BCUT2D eigenvalue weighted by Crippen LogP contribution is -2.40. The van der Waals surface area contributed by atoms with Gasteiger partial charge in [-0.05, 0) is 36.6 Å². The Kier molecular flexibility index (Phi) is 3.26. The fourth-order valence-corrected chi connectivity index (χ4v) is 4.55. The highest BCUT2D eigenvalue weighted by atomic mass is 35.5. The number of amides is 1. The fraction of sp³-hybridized carbons (Fsp3) is 0.333. The van der Waals surface area contributed by atoms with E-state index in [0.717, 1.165) is 24.0 Å². The van der Waals surface area contributed by atoms with Crippen LogP contribution in [0.15, 0.2) is 48.5 Å². The molecule has 0 aromatic heterocycles. The highest BCUT2D eigenvalue weighted by Crippen LogP contribution is 2.52. The molecule has 2 aromatic carbocycles. The van der Waals surface area contributed by atoms with Gasteiger partial charge in [-0.3, -0.25) is 4.79 Å². The van der Waals surface area contributed by atoms with Crippen molar-refractivity contribution in [2.75, 3.05) is 13.1 Å². The fourth-order valence-electron chi connectivity index (χ4n) is 4.43. The van der Waals surface area contributed by atoms with Gasteiger partial charge in [0.25, 0.3) is 0 Å². The summed E-state index contributed by atoms with van der Waals surface area (Å²) in [5.74, 6) is -0.147. The summed E-state index contributed by atoms with van der Waals surface area (Å²) in [6.45, 7) is 1.04. The normalized spacial score (nSPS) is 25.3. The number of hydrogen-bond acceptors (Lipinski definition) is 3. The third kappa shape index (κ3) is 2.15. The topological polar surface area (TPSA) is 46.6 Å². The predicted molar refractivity (Wildman–Crippen MR) is 97.1 cm³/mol. The number of ether oxygens (including phenoxy) is 1. The maximum Gasteiger partial charge on any atom is 0.339 e. The summed E-state index contributed by atoms with van der Waals surface area (Å²) in [5.41, 5.74) is 1.45. The average molecular weight is 368 g/mol. The molecule has 2 fully saturated rings. The maximum atomic E-state index is 13.3. The van der Waals surface area contributed by atoms with Gasteiger partial charge in [0.05, 0.1) is 17.5 Å². The van der Waals surface area contributed by atoms with Crippen LogP contribution in [0.5, 0.6) is 0 Å². The van der Waals surface area contributed by atoms with Crippen molar-refractivity contribution in [3.05, 3.63) is 70.2 Å². The number of benzene rings is 2. The minimum Gasteiger partial charge on any atom is -0.449 e. The Hall–Kier alpha value is -2.33. The number of fused-ring (bicyclic) bond motifs is 2. The molecule has 3 aliphatic rings. The van der Waals surface area contributed by atoms with Gasteiger partial charge in [-0.25, -0.2) is 4.79 Å². The number of esters is 1. The highest BCUT2D eigenvalue weighted by molar-refractivity contribution is 6.30. The monoisotopic (exact) mass is 367 g/mol. The van der Waals surface area contributed by atoms with E-state index >= 15 is 0 Å².